The van der Waals surface area contributed by atoms with Crippen molar-refractivity contribution >= 4 is 6.08 Å². The number of rotatable bonds is 7. The molecule has 0 heterocycles. The fraction of sp³-hybridized carbons (Fsp3) is 0.579. The average molecular weight is 292 g/mol. The fourth-order valence-electron chi connectivity index (χ4n) is 1.88. The van der Waals surface area contributed by atoms with Gasteiger partial charge in [0.15, 0.2) is 0 Å². The summed E-state index contributed by atoms with van der Waals surface area (Å²) in [5, 5.41) is 0. The van der Waals surface area contributed by atoms with Gasteiger partial charge in [0, 0.05) is 12.7 Å². The van der Waals surface area contributed by atoms with Crippen molar-refractivity contribution in [3.05, 3.63) is 35.4 Å². The number of benzene rings is 1. The van der Waals surface area contributed by atoms with Crippen molar-refractivity contribution in [3.8, 4) is 5.75 Å². The number of ether oxygens (including phenoxy) is 2. The molecular formula is C19H32O2. The number of aryl methyl sites for hydroxylation is 1. The van der Waals surface area contributed by atoms with Crippen molar-refractivity contribution in [2.45, 2.75) is 59.5 Å². The fourth-order valence-corrected chi connectivity index (χ4v) is 1.88. The molecule has 0 amide bonds. The lowest BCUT2D eigenvalue weighted by Crippen LogP contribution is -2.21. The van der Waals surface area contributed by atoms with Gasteiger partial charge in [0.2, 0.25) is 0 Å². The van der Waals surface area contributed by atoms with Crippen molar-refractivity contribution < 1.29 is 9.47 Å². The molecule has 21 heavy (non-hydrogen) atoms. The van der Waals surface area contributed by atoms with Crippen molar-refractivity contribution in [2.24, 2.45) is 0 Å². The molecule has 0 aromatic heterocycles. The third-order valence-electron chi connectivity index (χ3n) is 3.47. The van der Waals surface area contributed by atoms with E-state index in [-0.39, 0.29) is 5.60 Å². The van der Waals surface area contributed by atoms with Crippen LogP contribution in [0.3, 0.4) is 0 Å². The summed E-state index contributed by atoms with van der Waals surface area (Å²) in [4.78, 5) is 0. The smallest absolute Gasteiger partial charge is 0.126 e. The molecule has 0 N–H and O–H groups in total. The van der Waals surface area contributed by atoms with Gasteiger partial charge >= 0.3 is 0 Å². The highest BCUT2D eigenvalue weighted by molar-refractivity contribution is 5.58. The Morgan fingerprint density at radius 2 is 1.81 bits per heavy atom. The molecule has 120 valence electrons. The summed E-state index contributed by atoms with van der Waals surface area (Å²) in [6.45, 7) is 10.4. The molecule has 0 radical (unpaired) electrons. The van der Waals surface area contributed by atoms with Crippen LogP contribution in [0.25, 0.3) is 6.08 Å². The van der Waals surface area contributed by atoms with Crippen LogP contribution in [0.15, 0.2) is 24.3 Å². The second kappa shape index (κ2) is 10.4. The van der Waals surface area contributed by atoms with Gasteiger partial charge in [-0.05, 0) is 50.8 Å². The number of methoxy groups -OCH3 is 2. The lowest BCUT2D eigenvalue weighted by atomic mass is 10.0. The van der Waals surface area contributed by atoms with E-state index in [9.17, 15) is 0 Å². The van der Waals surface area contributed by atoms with Crippen LogP contribution >= 0.6 is 0 Å². The van der Waals surface area contributed by atoms with Crippen LogP contribution < -0.4 is 4.74 Å². The first-order valence-electron chi connectivity index (χ1n) is 7.91. The second-order valence-electron chi connectivity index (χ2n) is 5.33. The molecule has 0 saturated carbocycles. The SMILES string of the molecule is CC.CCc1ccc(OC)c(/C=C/CCC(C)(C)OC)c1. The predicted octanol–water partition coefficient (Wildman–Crippen LogP) is 5.50. The minimum atomic E-state index is -0.0559. The zero-order valence-corrected chi connectivity index (χ0v) is 14.8. The Kier molecular flexibility index (Phi) is 9.81. The predicted molar refractivity (Wildman–Crippen MR) is 93.1 cm³/mol. The first-order chi connectivity index (χ1) is 10.0. The first kappa shape index (κ1) is 19.7. The van der Waals surface area contributed by atoms with Gasteiger partial charge in [-0.3, -0.25) is 0 Å². The molecule has 0 aliphatic heterocycles. The molecular weight excluding hydrogens is 260 g/mol. The van der Waals surface area contributed by atoms with E-state index in [4.69, 9.17) is 9.47 Å². The normalized spacial score (nSPS) is 11.2. The van der Waals surface area contributed by atoms with E-state index < -0.39 is 0 Å². The molecule has 1 aromatic rings. The van der Waals surface area contributed by atoms with E-state index in [2.05, 4.69) is 45.1 Å². The van der Waals surface area contributed by atoms with Crippen molar-refractivity contribution in [1.82, 2.24) is 0 Å². The molecule has 0 atom stereocenters. The van der Waals surface area contributed by atoms with Gasteiger partial charge in [-0.25, -0.2) is 0 Å². The Morgan fingerprint density at radius 1 is 1.14 bits per heavy atom. The van der Waals surface area contributed by atoms with Crippen molar-refractivity contribution in [3.63, 3.8) is 0 Å². The first-order valence-corrected chi connectivity index (χ1v) is 7.91. The molecule has 0 saturated heterocycles. The third-order valence-corrected chi connectivity index (χ3v) is 3.47. The largest absolute Gasteiger partial charge is 0.496 e. The molecule has 0 fully saturated rings. The zero-order valence-electron chi connectivity index (χ0n) is 14.8. The summed E-state index contributed by atoms with van der Waals surface area (Å²) in [7, 11) is 3.48. The second-order valence-corrected chi connectivity index (χ2v) is 5.33. The van der Waals surface area contributed by atoms with E-state index in [1.54, 1.807) is 14.2 Å². The Hall–Kier alpha value is -1.28. The van der Waals surface area contributed by atoms with Gasteiger partial charge in [0.25, 0.3) is 0 Å². The number of allylic oxidation sites excluding steroid dienone is 1. The van der Waals surface area contributed by atoms with Crippen molar-refractivity contribution in [2.75, 3.05) is 14.2 Å². The van der Waals surface area contributed by atoms with Gasteiger partial charge < -0.3 is 9.47 Å². The van der Waals surface area contributed by atoms with Gasteiger partial charge in [-0.15, -0.1) is 0 Å². The molecule has 1 aromatic carbocycles. The van der Waals surface area contributed by atoms with Gasteiger partial charge in [-0.1, -0.05) is 39.0 Å². The highest BCUT2D eigenvalue weighted by atomic mass is 16.5. The Bertz CT molecular complexity index is 420. The maximum absolute atomic E-state index is 5.41. The molecule has 0 aliphatic rings. The molecule has 2 nitrogen and oxygen atoms in total. The maximum Gasteiger partial charge on any atom is 0.126 e. The van der Waals surface area contributed by atoms with Crippen LogP contribution in [-0.4, -0.2) is 19.8 Å². The van der Waals surface area contributed by atoms with Crippen LogP contribution in [0, 0.1) is 0 Å². The Labute approximate surface area is 131 Å². The lowest BCUT2D eigenvalue weighted by molar-refractivity contribution is 0.0164. The molecule has 0 unspecified atom stereocenters. The number of hydrogen-bond acceptors (Lipinski definition) is 2. The summed E-state index contributed by atoms with van der Waals surface area (Å²) in [6.07, 6.45) is 7.39. The van der Waals surface area contributed by atoms with E-state index in [0.29, 0.717) is 0 Å². The van der Waals surface area contributed by atoms with Crippen molar-refractivity contribution in [1.29, 1.82) is 0 Å². The topological polar surface area (TPSA) is 18.5 Å². The number of hydrogen-bond donors (Lipinski definition) is 0. The lowest BCUT2D eigenvalue weighted by Gasteiger charge is -2.21. The van der Waals surface area contributed by atoms with Gasteiger partial charge in [-0.2, -0.15) is 0 Å². The van der Waals surface area contributed by atoms with Crippen LogP contribution in [-0.2, 0) is 11.2 Å². The summed E-state index contributed by atoms with van der Waals surface area (Å²) in [5.41, 5.74) is 2.43. The van der Waals surface area contributed by atoms with E-state index in [0.717, 1.165) is 30.6 Å². The van der Waals surface area contributed by atoms with E-state index >= 15 is 0 Å². The van der Waals surface area contributed by atoms with Gasteiger partial charge in [0.05, 0.1) is 12.7 Å². The van der Waals surface area contributed by atoms with Crippen LogP contribution in [0.4, 0.5) is 0 Å². The van der Waals surface area contributed by atoms with Crippen LogP contribution in [0.1, 0.15) is 58.6 Å². The quantitative estimate of drug-likeness (QED) is 0.660. The Balaban J connectivity index is 0.00000191. The maximum atomic E-state index is 5.41. The summed E-state index contributed by atoms with van der Waals surface area (Å²) < 4.78 is 10.8. The summed E-state index contributed by atoms with van der Waals surface area (Å²) in [6, 6.07) is 6.35. The standard InChI is InChI=1S/C17H26O2.C2H6/c1-6-14-10-11-16(18-4)15(13-14)9-7-8-12-17(2,3)19-5;1-2/h7,9-11,13H,6,8,12H2,1-5H3;1-2H3/b9-7+;. The highest BCUT2D eigenvalue weighted by Crippen LogP contribution is 2.23. The van der Waals surface area contributed by atoms with Crippen LogP contribution in [0.5, 0.6) is 5.75 Å². The monoisotopic (exact) mass is 292 g/mol. The highest BCUT2D eigenvalue weighted by Gasteiger charge is 2.14. The van der Waals surface area contributed by atoms with Gasteiger partial charge in [0.1, 0.15) is 5.75 Å². The molecule has 2 heteroatoms. The molecule has 1 rings (SSSR count). The molecule has 0 bridgehead atoms. The zero-order chi connectivity index (χ0) is 16.3. The minimum absolute atomic E-state index is 0.0559. The minimum Gasteiger partial charge on any atom is -0.496 e. The third kappa shape index (κ3) is 7.33. The van der Waals surface area contributed by atoms with E-state index in [1.165, 1.54) is 5.56 Å². The Morgan fingerprint density at radius 3 is 2.33 bits per heavy atom. The summed E-state index contributed by atoms with van der Waals surface area (Å²) in [5.74, 6) is 0.930. The summed E-state index contributed by atoms with van der Waals surface area (Å²) >= 11 is 0. The molecule has 0 aliphatic carbocycles. The van der Waals surface area contributed by atoms with Crippen LogP contribution in [0.2, 0.25) is 0 Å². The average Bonchev–Trinajstić information content (AvgIpc) is 2.53. The van der Waals surface area contributed by atoms with E-state index in [1.807, 2.05) is 19.9 Å². The molecule has 0 spiro atoms.